The summed E-state index contributed by atoms with van der Waals surface area (Å²) in [4.78, 5) is 0. The van der Waals surface area contributed by atoms with Crippen molar-refractivity contribution in [2.45, 2.75) is 0 Å². The van der Waals surface area contributed by atoms with E-state index in [0.717, 1.165) is 0 Å². The third-order valence-electron chi connectivity index (χ3n) is 2.14. The van der Waals surface area contributed by atoms with Gasteiger partial charge in [-0.2, -0.15) is 10.4 Å². The molecule has 5 heteroatoms. The molecule has 2 rings (SSSR count). The highest BCUT2D eigenvalue weighted by Crippen LogP contribution is 2.29. The van der Waals surface area contributed by atoms with Gasteiger partial charge in [-0.25, -0.2) is 4.39 Å². The summed E-state index contributed by atoms with van der Waals surface area (Å²) in [6.07, 6.45) is 0. The molecule has 0 saturated carbocycles. The first kappa shape index (κ1) is 10.2. The van der Waals surface area contributed by atoms with Crippen molar-refractivity contribution in [1.29, 1.82) is 5.26 Å². The van der Waals surface area contributed by atoms with Crippen LogP contribution in [-0.4, -0.2) is 17.3 Å². The van der Waals surface area contributed by atoms with Crippen LogP contribution in [0.3, 0.4) is 0 Å². The Kier molecular flexibility index (Phi) is 2.56. The molecule has 0 unspecified atom stereocenters. The standard InChI is InChI=1S/C11H8FN3O/c1-16-11-3-2-7(12)4-9(11)10-5-8(6-13)14-15-10/h2-5H,1H3,(H,14,15). The van der Waals surface area contributed by atoms with E-state index < -0.39 is 0 Å². The van der Waals surface area contributed by atoms with Gasteiger partial charge in [0.1, 0.15) is 17.6 Å². The summed E-state index contributed by atoms with van der Waals surface area (Å²) in [5, 5.41) is 15.0. The van der Waals surface area contributed by atoms with Crippen molar-refractivity contribution in [3.05, 3.63) is 35.8 Å². The van der Waals surface area contributed by atoms with E-state index in [4.69, 9.17) is 10.00 Å². The third-order valence-corrected chi connectivity index (χ3v) is 2.14. The maximum absolute atomic E-state index is 13.1. The van der Waals surface area contributed by atoms with Crippen molar-refractivity contribution in [3.8, 4) is 23.1 Å². The molecule has 0 fully saturated rings. The van der Waals surface area contributed by atoms with Crippen LogP contribution in [0.4, 0.5) is 4.39 Å². The molecule has 1 aromatic heterocycles. The van der Waals surface area contributed by atoms with Gasteiger partial charge in [0.25, 0.3) is 0 Å². The number of nitrogens with one attached hydrogen (secondary N) is 1. The quantitative estimate of drug-likeness (QED) is 0.837. The fourth-order valence-corrected chi connectivity index (χ4v) is 1.41. The Balaban J connectivity index is 2.54. The lowest BCUT2D eigenvalue weighted by Gasteiger charge is -2.05. The lowest BCUT2D eigenvalue weighted by molar-refractivity contribution is 0.415. The number of hydrogen-bond donors (Lipinski definition) is 1. The molecule has 0 atom stereocenters. The molecule has 1 aromatic carbocycles. The van der Waals surface area contributed by atoms with E-state index in [0.29, 0.717) is 17.0 Å². The molecule has 0 radical (unpaired) electrons. The molecule has 0 amide bonds. The van der Waals surface area contributed by atoms with Crippen LogP contribution in [0.2, 0.25) is 0 Å². The van der Waals surface area contributed by atoms with Crippen LogP contribution < -0.4 is 4.74 Å². The Labute approximate surface area is 91.3 Å². The summed E-state index contributed by atoms with van der Waals surface area (Å²) in [7, 11) is 1.50. The molecule has 2 aromatic rings. The number of aromatic amines is 1. The number of rotatable bonds is 2. The molecule has 0 aliphatic rings. The van der Waals surface area contributed by atoms with E-state index in [9.17, 15) is 4.39 Å². The van der Waals surface area contributed by atoms with Gasteiger partial charge in [0, 0.05) is 11.6 Å². The summed E-state index contributed by atoms with van der Waals surface area (Å²) in [6.45, 7) is 0. The lowest BCUT2D eigenvalue weighted by Crippen LogP contribution is -1.89. The van der Waals surface area contributed by atoms with Crippen molar-refractivity contribution in [1.82, 2.24) is 10.2 Å². The molecule has 1 heterocycles. The average molecular weight is 217 g/mol. The minimum atomic E-state index is -0.371. The number of methoxy groups -OCH3 is 1. The molecule has 0 aliphatic heterocycles. The van der Waals surface area contributed by atoms with Crippen molar-refractivity contribution in [2.24, 2.45) is 0 Å². The number of ether oxygens (including phenoxy) is 1. The first-order valence-corrected chi connectivity index (χ1v) is 4.54. The summed E-state index contributed by atoms with van der Waals surface area (Å²) in [5.74, 6) is 0.151. The predicted molar refractivity (Wildman–Crippen MR) is 55.2 cm³/mol. The molecule has 0 spiro atoms. The number of hydrogen-bond acceptors (Lipinski definition) is 3. The third kappa shape index (κ3) is 1.73. The Morgan fingerprint density at radius 2 is 2.25 bits per heavy atom. The van der Waals surface area contributed by atoms with Crippen LogP contribution in [-0.2, 0) is 0 Å². The van der Waals surface area contributed by atoms with Gasteiger partial charge in [0.05, 0.1) is 12.8 Å². The number of nitriles is 1. The van der Waals surface area contributed by atoms with Crippen molar-refractivity contribution >= 4 is 0 Å². The Morgan fingerprint density at radius 3 is 2.88 bits per heavy atom. The number of benzene rings is 1. The molecular weight excluding hydrogens is 209 g/mol. The van der Waals surface area contributed by atoms with Gasteiger partial charge in [-0.05, 0) is 18.2 Å². The molecule has 16 heavy (non-hydrogen) atoms. The van der Waals surface area contributed by atoms with Crippen LogP contribution in [0.1, 0.15) is 5.69 Å². The monoisotopic (exact) mass is 217 g/mol. The van der Waals surface area contributed by atoms with Crippen LogP contribution in [0.25, 0.3) is 11.3 Å². The highest BCUT2D eigenvalue weighted by molar-refractivity contribution is 5.67. The summed E-state index contributed by atoms with van der Waals surface area (Å²) in [5.41, 5.74) is 1.34. The second-order valence-electron chi connectivity index (χ2n) is 3.12. The van der Waals surface area contributed by atoms with Crippen LogP contribution in [0.15, 0.2) is 24.3 Å². The zero-order chi connectivity index (χ0) is 11.5. The largest absolute Gasteiger partial charge is 0.496 e. The van der Waals surface area contributed by atoms with Crippen LogP contribution >= 0.6 is 0 Å². The van der Waals surface area contributed by atoms with Crippen LogP contribution in [0, 0.1) is 17.1 Å². The zero-order valence-corrected chi connectivity index (χ0v) is 8.49. The zero-order valence-electron chi connectivity index (χ0n) is 8.49. The van der Waals surface area contributed by atoms with E-state index in [1.54, 1.807) is 0 Å². The van der Waals surface area contributed by atoms with Crippen molar-refractivity contribution in [2.75, 3.05) is 7.11 Å². The minimum Gasteiger partial charge on any atom is -0.496 e. The van der Waals surface area contributed by atoms with Gasteiger partial charge in [-0.1, -0.05) is 0 Å². The van der Waals surface area contributed by atoms with Gasteiger partial charge in [0.2, 0.25) is 0 Å². The molecule has 80 valence electrons. The van der Waals surface area contributed by atoms with Crippen molar-refractivity contribution < 1.29 is 9.13 Å². The maximum atomic E-state index is 13.1. The highest BCUT2D eigenvalue weighted by Gasteiger charge is 2.10. The predicted octanol–water partition coefficient (Wildman–Crippen LogP) is 2.10. The number of halogens is 1. The maximum Gasteiger partial charge on any atom is 0.162 e. The Bertz CT molecular complexity index is 557. The first-order chi connectivity index (χ1) is 7.74. The molecule has 0 bridgehead atoms. The number of aromatic nitrogens is 2. The molecule has 0 aliphatic carbocycles. The van der Waals surface area contributed by atoms with Gasteiger partial charge >= 0.3 is 0 Å². The van der Waals surface area contributed by atoms with E-state index in [1.807, 2.05) is 6.07 Å². The normalized spacial score (nSPS) is 9.81. The van der Waals surface area contributed by atoms with E-state index >= 15 is 0 Å². The number of H-pyrrole nitrogens is 1. The second kappa shape index (κ2) is 4.03. The fourth-order valence-electron chi connectivity index (χ4n) is 1.41. The molecule has 0 saturated heterocycles. The van der Waals surface area contributed by atoms with E-state index in [2.05, 4.69) is 10.2 Å². The summed E-state index contributed by atoms with van der Waals surface area (Å²) in [6, 6.07) is 7.59. The van der Waals surface area contributed by atoms with Crippen molar-refractivity contribution in [3.63, 3.8) is 0 Å². The molecular formula is C11H8FN3O. The van der Waals surface area contributed by atoms with Gasteiger partial charge in [-0.3, -0.25) is 5.10 Å². The van der Waals surface area contributed by atoms with Crippen LogP contribution in [0.5, 0.6) is 5.75 Å². The highest BCUT2D eigenvalue weighted by atomic mass is 19.1. The number of nitrogens with zero attached hydrogens (tertiary/aromatic N) is 2. The van der Waals surface area contributed by atoms with E-state index in [1.165, 1.54) is 31.4 Å². The minimum absolute atomic E-state index is 0.251. The lowest BCUT2D eigenvalue weighted by atomic mass is 10.1. The smallest absolute Gasteiger partial charge is 0.162 e. The SMILES string of the molecule is COc1ccc(F)cc1-c1cc(C#N)n[nH]1. The van der Waals surface area contributed by atoms with Gasteiger partial charge < -0.3 is 4.74 Å². The summed E-state index contributed by atoms with van der Waals surface area (Å²) < 4.78 is 18.2. The average Bonchev–Trinajstić information content (AvgIpc) is 2.77. The topological polar surface area (TPSA) is 61.7 Å². The van der Waals surface area contributed by atoms with E-state index in [-0.39, 0.29) is 11.5 Å². The second-order valence-corrected chi connectivity index (χ2v) is 3.12. The van der Waals surface area contributed by atoms with Gasteiger partial charge in [-0.15, -0.1) is 0 Å². The van der Waals surface area contributed by atoms with Gasteiger partial charge in [0.15, 0.2) is 5.69 Å². The first-order valence-electron chi connectivity index (χ1n) is 4.54. The summed E-state index contributed by atoms with van der Waals surface area (Å²) >= 11 is 0. The molecule has 4 nitrogen and oxygen atoms in total. The Morgan fingerprint density at radius 1 is 1.44 bits per heavy atom. The fraction of sp³-hybridized carbons (Fsp3) is 0.0909. The molecule has 1 N–H and O–H groups in total. The Hall–Kier alpha value is -2.35.